The number of rotatable bonds is 10. The summed E-state index contributed by atoms with van der Waals surface area (Å²) in [5.41, 5.74) is 3.95. The molecule has 2 aromatic carbocycles. The van der Waals surface area contributed by atoms with E-state index in [0.717, 1.165) is 53.4 Å². The number of fused-ring (bicyclic) bond motifs is 1. The van der Waals surface area contributed by atoms with Gasteiger partial charge in [0.2, 0.25) is 5.91 Å². The van der Waals surface area contributed by atoms with Gasteiger partial charge in [0.05, 0.1) is 12.6 Å². The number of nitrogens with zero attached hydrogens (tertiary/aromatic N) is 1. The molecule has 196 valence electrons. The van der Waals surface area contributed by atoms with Crippen molar-refractivity contribution in [3.05, 3.63) is 108 Å². The number of benzene rings is 2. The molecule has 0 saturated heterocycles. The highest BCUT2D eigenvalue weighted by Gasteiger charge is 2.36. The Labute approximate surface area is 224 Å². The van der Waals surface area contributed by atoms with Crippen LogP contribution in [0.5, 0.6) is 0 Å². The van der Waals surface area contributed by atoms with Crippen LogP contribution in [0.4, 0.5) is 0 Å². The Morgan fingerprint density at radius 3 is 2.55 bits per heavy atom. The molecule has 38 heavy (non-hydrogen) atoms. The Bertz CT molecular complexity index is 1360. The molecular formula is C32H36N4O2. The third-order valence-electron chi connectivity index (χ3n) is 7.70. The van der Waals surface area contributed by atoms with Gasteiger partial charge < -0.3 is 15.4 Å². The average Bonchev–Trinajstić information content (AvgIpc) is 3.38. The summed E-state index contributed by atoms with van der Waals surface area (Å²) in [6.45, 7) is 0.751. The second-order valence-electron chi connectivity index (χ2n) is 10.3. The molecule has 0 bridgehead atoms. The van der Waals surface area contributed by atoms with Gasteiger partial charge in [0.1, 0.15) is 5.76 Å². The first kappa shape index (κ1) is 25.7. The standard InChI is InChI=1S/C32H36N4O2/c37-26(19-24-11-3-1-4-12-24)22-35-29(20-25-21-34-28-14-6-5-13-27(25)28)31(38)36-23-32(16-8-2-9-17-32)30-15-7-10-18-33-30/h1,3-7,10-15,18-19,21,29,34-35,37H,2,8-9,16-17,20,22-23H2,(H,36,38)/b26-19-. The number of carbonyl (C=O) groups is 1. The molecule has 1 fully saturated rings. The van der Waals surface area contributed by atoms with Crippen LogP contribution in [0.25, 0.3) is 17.0 Å². The number of aliphatic hydroxyl groups excluding tert-OH is 1. The van der Waals surface area contributed by atoms with E-state index in [-0.39, 0.29) is 23.6 Å². The van der Waals surface area contributed by atoms with Crippen molar-refractivity contribution in [1.29, 1.82) is 0 Å². The predicted octanol–water partition coefficient (Wildman–Crippen LogP) is 5.68. The molecule has 1 unspecified atom stereocenters. The number of hydrogen-bond acceptors (Lipinski definition) is 4. The van der Waals surface area contributed by atoms with Gasteiger partial charge in [0.15, 0.2) is 0 Å². The lowest BCUT2D eigenvalue weighted by atomic mass is 9.71. The number of hydrogen-bond donors (Lipinski definition) is 4. The molecule has 1 aliphatic rings. The number of amides is 1. The van der Waals surface area contributed by atoms with Crippen LogP contribution in [0, 0.1) is 0 Å². The summed E-state index contributed by atoms with van der Waals surface area (Å²) in [5.74, 6) is 0.119. The minimum Gasteiger partial charge on any atom is -0.511 e. The van der Waals surface area contributed by atoms with E-state index < -0.39 is 6.04 Å². The van der Waals surface area contributed by atoms with Gasteiger partial charge in [-0.2, -0.15) is 0 Å². The van der Waals surface area contributed by atoms with E-state index in [1.54, 1.807) is 6.08 Å². The van der Waals surface area contributed by atoms with Gasteiger partial charge in [-0.3, -0.25) is 15.1 Å². The molecule has 2 heterocycles. The van der Waals surface area contributed by atoms with Crippen LogP contribution >= 0.6 is 0 Å². The van der Waals surface area contributed by atoms with E-state index in [9.17, 15) is 9.90 Å². The van der Waals surface area contributed by atoms with Crippen molar-refractivity contribution in [2.45, 2.75) is 50.0 Å². The normalized spacial score (nSPS) is 16.3. The Morgan fingerprint density at radius 1 is 1.00 bits per heavy atom. The number of pyridine rings is 1. The monoisotopic (exact) mass is 508 g/mol. The molecule has 5 rings (SSSR count). The summed E-state index contributed by atoms with van der Waals surface area (Å²) < 4.78 is 0. The first-order chi connectivity index (χ1) is 18.6. The average molecular weight is 509 g/mol. The minimum atomic E-state index is -0.509. The molecule has 6 nitrogen and oxygen atoms in total. The summed E-state index contributed by atoms with van der Waals surface area (Å²) in [6, 6.07) is 23.4. The Morgan fingerprint density at radius 2 is 1.76 bits per heavy atom. The maximum atomic E-state index is 13.7. The van der Waals surface area contributed by atoms with E-state index in [2.05, 4.69) is 32.7 Å². The summed E-state index contributed by atoms with van der Waals surface area (Å²) in [7, 11) is 0. The van der Waals surface area contributed by atoms with Crippen molar-refractivity contribution in [2.24, 2.45) is 0 Å². The van der Waals surface area contributed by atoms with Gasteiger partial charge in [0.25, 0.3) is 0 Å². The third kappa shape index (κ3) is 6.14. The maximum absolute atomic E-state index is 13.7. The second-order valence-corrected chi connectivity index (χ2v) is 10.3. The molecule has 0 radical (unpaired) electrons. The van der Waals surface area contributed by atoms with Gasteiger partial charge in [-0.15, -0.1) is 0 Å². The number of carbonyl (C=O) groups excluding carboxylic acids is 1. The molecule has 1 amide bonds. The zero-order valence-electron chi connectivity index (χ0n) is 21.7. The summed E-state index contributed by atoms with van der Waals surface area (Å²) in [5, 5.41) is 18.3. The fourth-order valence-corrected chi connectivity index (χ4v) is 5.61. The molecule has 1 saturated carbocycles. The smallest absolute Gasteiger partial charge is 0.237 e. The zero-order valence-corrected chi connectivity index (χ0v) is 21.7. The third-order valence-corrected chi connectivity index (χ3v) is 7.70. The van der Waals surface area contributed by atoms with Gasteiger partial charge in [-0.05, 0) is 54.7 Å². The number of aliphatic hydroxyl groups is 1. The highest BCUT2D eigenvalue weighted by atomic mass is 16.3. The number of aromatic amines is 1. The first-order valence-electron chi connectivity index (χ1n) is 13.6. The van der Waals surface area contributed by atoms with E-state index in [4.69, 9.17) is 0 Å². The summed E-state index contributed by atoms with van der Waals surface area (Å²) in [6.07, 6.45) is 11.6. The lowest BCUT2D eigenvalue weighted by Gasteiger charge is -2.37. The van der Waals surface area contributed by atoms with Crippen molar-refractivity contribution in [3.63, 3.8) is 0 Å². The largest absolute Gasteiger partial charge is 0.511 e. The van der Waals surface area contributed by atoms with Crippen molar-refractivity contribution in [1.82, 2.24) is 20.6 Å². The Hall–Kier alpha value is -3.90. The van der Waals surface area contributed by atoms with Gasteiger partial charge in [-0.25, -0.2) is 0 Å². The highest BCUT2D eigenvalue weighted by molar-refractivity contribution is 5.86. The Balaban J connectivity index is 1.33. The lowest BCUT2D eigenvalue weighted by molar-refractivity contribution is -0.123. The van der Waals surface area contributed by atoms with Crippen molar-refractivity contribution >= 4 is 22.9 Å². The van der Waals surface area contributed by atoms with Crippen LogP contribution in [0.3, 0.4) is 0 Å². The molecule has 0 aliphatic heterocycles. The quantitative estimate of drug-likeness (QED) is 0.208. The fraction of sp³-hybridized carbons (Fsp3) is 0.312. The molecular weight excluding hydrogens is 472 g/mol. The van der Waals surface area contributed by atoms with Crippen LogP contribution in [-0.2, 0) is 16.6 Å². The van der Waals surface area contributed by atoms with Gasteiger partial charge in [-0.1, -0.05) is 73.9 Å². The van der Waals surface area contributed by atoms with E-state index in [1.807, 2.05) is 73.1 Å². The Kier molecular flexibility index (Phi) is 8.19. The van der Waals surface area contributed by atoms with E-state index in [0.29, 0.717) is 13.0 Å². The van der Waals surface area contributed by atoms with Gasteiger partial charge >= 0.3 is 0 Å². The highest BCUT2D eigenvalue weighted by Crippen LogP contribution is 2.38. The van der Waals surface area contributed by atoms with Crippen LogP contribution in [0.1, 0.15) is 48.9 Å². The molecule has 4 N–H and O–H groups in total. The molecule has 6 heteroatoms. The maximum Gasteiger partial charge on any atom is 0.237 e. The lowest BCUT2D eigenvalue weighted by Crippen LogP contribution is -2.50. The SMILES string of the molecule is O=C(NCC1(c2ccccn2)CCCCC1)C(Cc1c[nH]c2ccccc12)NC/C(O)=C/c1ccccc1. The summed E-state index contributed by atoms with van der Waals surface area (Å²) >= 11 is 0. The van der Waals surface area contributed by atoms with E-state index >= 15 is 0 Å². The van der Waals surface area contributed by atoms with Crippen LogP contribution in [0.2, 0.25) is 0 Å². The molecule has 1 aliphatic carbocycles. The zero-order chi connectivity index (χ0) is 26.2. The molecule has 4 aromatic rings. The van der Waals surface area contributed by atoms with Crippen molar-refractivity contribution in [2.75, 3.05) is 13.1 Å². The molecule has 1 atom stereocenters. The number of aromatic nitrogens is 2. The summed E-state index contributed by atoms with van der Waals surface area (Å²) in [4.78, 5) is 21.7. The second kappa shape index (κ2) is 12.1. The first-order valence-corrected chi connectivity index (χ1v) is 13.6. The number of nitrogens with one attached hydrogen (secondary N) is 3. The molecule has 0 spiro atoms. The fourth-order valence-electron chi connectivity index (χ4n) is 5.61. The van der Waals surface area contributed by atoms with E-state index in [1.165, 1.54) is 6.42 Å². The molecule has 2 aromatic heterocycles. The number of para-hydroxylation sites is 1. The predicted molar refractivity (Wildman–Crippen MR) is 153 cm³/mol. The van der Waals surface area contributed by atoms with Crippen LogP contribution < -0.4 is 10.6 Å². The van der Waals surface area contributed by atoms with Gasteiger partial charge in [0, 0.05) is 41.0 Å². The van der Waals surface area contributed by atoms with Crippen LogP contribution in [-0.4, -0.2) is 40.1 Å². The number of H-pyrrole nitrogens is 1. The van der Waals surface area contributed by atoms with Crippen molar-refractivity contribution in [3.8, 4) is 0 Å². The van der Waals surface area contributed by atoms with Crippen LogP contribution in [0.15, 0.2) is 90.9 Å². The minimum absolute atomic E-state index is 0.0660. The van der Waals surface area contributed by atoms with Crippen molar-refractivity contribution < 1.29 is 9.90 Å². The topological polar surface area (TPSA) is 90.0 Å².